The highest BCUT2D eigenvalue weighted by Crippen LogP contribution is 2.43. The number of allylic oxidation sites excluding steroid dienone is 5. The van der Waals surface area contributed by atoms with Gasteiger partial charge in [0, 0.05) is 101 Å². The Labute approximate surface area is 288 Å². The molecule has 0 bridgehead atoms. The van der Waals surface area contributed by atoms with E-state index < -0.39 is 0 Å². The molecule has 3 aromatic heterocycles. The van der Waals surface area contributed by atoms with Crippen LogP contribution in [0.2, 0.25) is 0 Å². The summed E-state index contributed by atoms with van der Waals surface area (Å²) in [5.41, 5.74) is 18.9. The average Bonchev–Trinajstić information content (AvgIpc) is 3.73. The third kappa shape index (κ3) is 4.47. The van der Waals surface area contributed by atoms with Crippen molar-refractivity contribution in [1.29, 1.82) is 0 Å². The molecule has 4 heteroatoms. The van der Waals surface area contributed by atoms with Crippen LogP contribution in [0, 0.1) is 20.8 Å². The fraction of sp³-hybridized carbons (Fsp3) is 0.178. The van der Waals surface area contributed by atoms with E-state index >= 15 is 0 Å². The number of para-hydroxylation sites is 4. The molecule has 4 aromatic carbocycles. The number of hydrogen-bond acceptors (Lipinski definition) is 0. The molecule has 4 heterocycles. The first-order valence-electron chi connectivity index (χ1n) is 17.1. The fourth-order valence-electron chi connectivity index (χ4n) is 8.27. The Morgan fingerprint density at radius 1 is 0.551 bits per heavy atom. The number of nitrogens with zero attached hydrogens (tertiary/aromatic N) is 4. The molecule has 0 atom stereocenters. The second-order valence-corrected chi connectivity index (χ2v) is 13.5. The molecular formula is C45H43N4+. The molecule has 0 aliphatic carbocycles. The van der Waals surface area contributed by atoms with E-state index in [1.165, 1.54) is 100 Å². The fourth-order valence-corrected chi connectivity index (χ4v) is 8.27. The van der Waals surface area contributed by atoms with Crippen LogP contribution in [0.25, 0.3) is 49.4 Å². The van der Waals surface area contributed by atoms with Crippen LogP contribution < -0.4 is 0 Å². The maximum absolute atomic E-state index is 2.37. The van der Waals surface area contributed by atoms with Crippen LogP contribution in [0.4, 0.5) is 5.69 Å². The van der Waals surface area contributed by atoms with Gasteiger partial charge in [-0.3, -0.25) is 0 Å². The summed E-state index contributed by atoms with van der Waals surface area (Å²) in [6.07, 6.45) is 7.03. The Morgan fingerprint density at radius 2 is 0.980 bits per heavy atom. The smallest absolute Gasteiger partial charge is 0.213 e. The molecule has 4 nitrogen and oxygen atoms in total. The van der Waals surface area contributed by atoms with Gasteiger partial charge in [-0.2, -0.15) is 4.58 Å². The van der Waals surface area contributed by atoms with Gasteiger partial charge in [0.05, 0.1) is 11.1 Å². The van der Waals surface area contributed by atoms with Gasteiger partial charge >= 0.3 is 0 Å². The van der Waals surface area contributed by atoms with E-state index in [1.807, 2.05) is 0 Å². The maximum Gasteiger partial charge on any atom is 0.213 e. The van der Waals surface area contributed by atoms with Crippen LogP contribution in [-0.4, -0.2) is 31.0 Å². The summed E-state index contributed by atoms with van der Waals surface area (Å²) in [4.78, 5) is 0. The minimum absolute atomic E-state index is 1.24. The third-order valence-electron chi connectivity index (χ3n) is 11.2. The van der Waals surface area contributed by atoms with Crippen molar-refractivity contribution in [2.75, 3.05) is 7.05 Å². The van der Waals surface area contributed by atoms with Gasteiger partial charge in [0.2, 0.25) is 5.69 Å². The molecule has 7 aromatic rings. The molecule has 0 spiro atoms. The first-order chi connectivity index (χ1) is 23.7. The molecule has 0 saturated heterocycles. The van der Waals surface area contributed by atoms with Crippen LogP contribution in [-0.2, 0) is 21.1 Å². The van der Waals surface area contributed by atoms with Crippen molar-refractivity contribution in [3.8, 4) is 0 Å². The standard InChI is InChI=1S/C45H43N4/c1-28-42(32-18-9-13-24-38(32)46(28)5)36(43-29(2)47(6)39-25-14-10-19-33(39)43)22-17-23-37(44-30(3)48(7)40-26-15-11-20-34(40)44)45-31(4)49(8)41-27-16-12-21-35(41)45/h9-27H,1-8H3/q+1. The number of rotatable bonds is 5. The second-order valence-electron chi connectivity index (χ2n) is 13.5. The molecule has 242 valence electrons. The zero-order valence-corrected chi connectivity index (χ0v) is 29.8. The summed E-state index contributed by atoms with van der Waals surface area (Å²) >= 11 is 0. The monoisotopic (exact) mass is 639 g/mol. The van der Waals surface area contributed by atoms with Gasteiger partial charge < -0.3 is 13.7 Å². The molecular weight excluding hydrogens is 597 g/mol. The van der Waals surface area contributed by atoms with Crippen LogP contribution in [0.15, 0.2) is 115 Å². The van der Waals surface area contributed by atoms with Crippen molar-refractivity contribution in [2.45, 2.75) is 27.7 Å². The lowest BCUT2D eigenvalue weighted by atomic mass is 9.90. The molecule has 0 radical (unpaired) electrons. The van der Waals surface area contributed by atoms with E-state index in [2.05, 4.69) is 189 Å². The van der Waals surface area contributed by atoms with E-state index in [4.69, 9.17) is 0 Å². The normalized spacial score (nSPS) is 14.2. The minimum Gasteiger partial charge on any atom is -0.347 e. The molecule has 0 unspecified atom stereocenters. The first kappa shape index (κ1) is 30.7. The van der Waals surface area contributed by atoms with Crippen LogP contribution in [0.3, 0.4) is 0 Å². The lowest BCUT2D eigenvalue weighted by Crippen LogP contribution is -2.04. The van der Waals surface area contributed by atoms with Crippen molar-refractivity contribution in [3.05, 3.63) is 155 Å². The Morgan fingerprint density at radius 3 is 1.51 bits per heavy atom. The van der Waals surface area contributed by atoms with E-state index in [1.54, 1.807) is 0 Å². The van der Waals surface area contributed by atoms with Gasteiger partial charge in [-0.25, -0.2) is 0 Å². The van der Waals surface area contributed by atoms with Gasteiger partial charge in [-0.1, -0.05) is 85.0 Å². The topological polar surface area (TPSA) is 17.8 Å². The second kappa shape index (κ2) is 11.5. The van der Waals surface area contributed by atoms with Crippen molar-refractivity contribution >= 4 is 60.8 Å². The molecule has 1 aliphatic heterocycles. The van der Waals surface area contributed by atoms with Crippen molar-refractivity contribution in [2.24, 2.45) is 21.1 Å². The SMILES string of the molecule is CC1=[N+](C)c2ccccc2/C1=C(/C=C/C=C(c1c(C)n(C)c2ccccc12)c1c(C)n(C)c2ccccc12)c1c(C)n(C)c2ccccc12. The van der Waals surface area contributed by atoms with E-state index in [9.17, 15) is 0 Å². The highest BCUT2D eigenvalue weighted by Gasteiger charge is 2.32. The Kier molecular flexibility index (Phi) is 7.22. The zero-order chi connectivity index (χ0) is 34.1. The van der Waals surface area contributed by atoms with Gasteiger partial charge in [0.15, 0.2) is 5.71 Å². The van der Waals surface area contributed by atoms with E-state index in [-0.39, 0.29) is 0 Å². The summed E-state index contributed by atoms with van der Waals surface area (Å²) in [5, 5.41) is 3.82. The van der Waals surface area contributed by atoms with Crippen molar-refractivity contribution < 1.29 is 4.58 Å². The molecule has 8 rings (SSSR count). The Balaban J connectivity index is 1.45. The van der Waals surface area contributed by atoms with Gasteiger partial charge in [0.1, 0.15) is 7.05 Å². The molecule has 0 saturated carbocycles. The predicted molar refractivity (Wildman–Crippen MR) is 209 cm³/mol. The van der Waals surface area contributed by atoms with Gasteiger partial charge in [-0.05, 0) is 56.2 Å². The number of aryl methyl sites for hydroxylation is 3. The minimum atomic E-state index is 1.24. The van der Waals surface area contributed by atoms with Crippen molar-refractivity contribution in [1.82, 2.24) is 13.7 Å². The molecule has 0 fully saturated rings. The highest BCUT2D eigenvalue weighted by molar-refractivity contribution is 6.32. The summed E-state index contributed by atoms with van der Waals surface area (Å²) in [6.45, 7) is 9.02. The molecule has 1 aliphatic rings. The predicted octanol–water partition coefficient (Wildman–Crippen LogP) is 10.4. The van der Waals surface area contributed by atoms with Gasteiger partial charge in [0.25, 0.3) is 0 Å². The van der Waals surface area contributed by atoms with E-state index in [0.29, 0.717) is 0 Å². The van der Waals surface area contributed by atoms with Crippen LogP contribution in [0.1, 0.15) is 46.3 Å². The lowest BCUT2D eigenvalue weighted by molar-refractivity contribution is -0.401. The average molecular weight is 640 g/mol. The number of benzene rings is 4. The maximum atomic E-state index is 2.37. The quantitative estimate of drug-likeness (QED) is 0.132. The third-order valence-corrected chi connectivity index (χ3v) is 11.2. The van der Waals surface area contributed by atoms with E-state index in [0.717, 1.165) is 0 Å². The Bertz CT molecular complexity index is 2530. The van der Waals surface area contributed by atoms with Crippen LogP contribution >= 0.6 is 0 Å². The molecule has 0 amide bonds. The summed E-state index contributed by atoms with van der Waals surface area (Å²) in [5.74, 6) is 0. The van der Waals surface area contributed by atoms with Gasteiger partial charge in [-0.15, -0.1) is 0 Å². The lowest BCUT2D eigenvalue weighted by Gasteiger charge is -2.12. The summed E-state index contributed by atoms with van der Waals surface area (Å²) in [6, 6.07) is 35.2. The Hall–Kier alpha value is -5.61. The van der Waals surface area contributed by atoms with Crippen LogP contribution in [0.5, 0.6) is 0 Å². The molecule has 0 N–H and O–H groups in total. The van der Waals surface area contributed by atoms with Crippen molar-refractivity contribution in [3.63, 3.8) is 0 Å². The number of aromatic nitrogens is 3. The number of fused-ring (bicyclic) bond motifs is 4. The molecule has 49 heavy (non-hydrogen) atoms. The highest BCUT2D eigenvalue weighted by atomic mass is 15.0. The zero-order valence-electron chi connectivity index (χ0n) is 29.8. The summed E-state index contributed by atoms with van der Waals surface area (Å²) < 4.78 is 9.33. The largest absolute Gasteiger partial charge is 0.347 e. The first-order valence-corrected chi connectivity index (χ1v) is 17.1. The number of hydrogen-bond donors (Lipinski definition) is 0. The summed E-state index contributed by atoms with van der Waals surface area (Å²) in [7, 11) is 8.73.